The number of carbonyl (C=O) groups excluding carboxylic acids is 1. The molecule has 0 radical (unpaired) electrons. The lowest BCUT2D eigenvalue weighted by atomic mass is 10.1. The summed E-state index contributed by atoms with van der Waals surface area (Å²) < 4.78 is 31.8. The molecule has 0 aliphatic carbocycles. The highest BCUT2D eigenvalue weighted by molar-refractivity contribution is 7.92. The van der Waals surface area contributed by atoms with Crippen molar-refractivity contribution in [2.45, 2.75) is 40.2 Å². The number of benzene rings is 2. The number of amides is 1. The molecule has 1 N–H and O–H groups in total. The molecule has 0 aliphatic heterocycles. The van der Waals surface area contributed by atoms with Gasteiger partial charge in [-0.1, -0.05) is 42.3 Å². The van der Waals surface area contributed by atoms with Crippen molar-refractivity contribution in [2.75, 3.05) is 23.7 Å². The van der Waals surface area contributed by atoms with Crippen molar-refractivity contribution in [1.29, 1.82) is 0 Å². The summed E-state index contributed by atoms with van der Waals surface area (Å²) in [5.41, 5.74) is 3.69. The maximum Gasteiger partial charge on any atom is 0.244 e. The first-order chi connectivity index (χ1) is 13.6. The van der Waals surface area contributed by atoms with E-state index >= 15 is 0 Å². The third kappa shape index (κ3) is 6.22. The van der Waals surface area contributed by atoms with Crippen LogP contribution < -0.4 is 14.4 Å². The SMILES string of the molecule is CC[C@H](C(=O)NCCOc1ccc(C)cc1C)N(c1ccc(C)cc1)S(C)(=O)=O. The number of sulfonamides is 1. The first-order valence-electron chi connectivity index (χ1n) is 9.67. The van der Waals surface area contributed by atoms with E-state index in [2.05, 4.69) is 5.32 Å². The molecule has 0 aromatic heterocycles. The minimum atomic E-state index is -3.63. The van der Waals surface area contributed by atoms with E-state index in [9.17, 15) is 13.2 Å². The smallest absolute Gasteiger partial charge is 0.244 e. The minimum Gasteiger partial charge on any atom is -0.491 e. The van der Waals surface area contributed by atoms with E-state index in [-0.39, 0.29) is 12.5 Å². The molecule has 158 valence electrons. The van der Waals surface area contributed by atoms with Crippen LogP contribution in [-0.4, -0.2) is 39.8 Å². The maximum atomic E-state index is 12.8. The number of carbonyl (C=O) groups is 1. The highest BCUT2D eigenvalue weighted by Gasteiger charge is 2.31. The second kappa shape index (κ2) is 9.78. The Kier molecular flexibility index (Phi) is 7.67. The summed E-state index contributed by atoms with van der Waals surface area (Å²) in [6, 6.07) is 12.2. The molecule has 2 rings (SSSR count). The first kappa shape index (κ1) is 22.7. The van der Waals surface area contributed by atoms with E-state index in [0.29, 0.717) is 18.7 Å². The molecule has 1 amide bonds. The fraction of sp³-hybridized carbons (Fsp3) is 0.409. The van der Waals surface area contributed by atoms with Crippen LogP contribution in [0.25, 0.3) is 0 Å². The zero-order valence-electron chi connectivity index (χ0n) is 17.7. The molecule has 0 bridgehead atoms. The molecule has 7 heteroatoms. The van der Waals surface area contributed by atoms with Crippen LogP contribution in [0.1, 0.15) is 30.0 Å². The van der Waals surface area contributed by atoms with Crippen molar-refractivity contribution in [3.8, 4) is 5.75 Å². The van der Waals surface area contributed by atoms with Crippen LogP contribution in [0.3, 0.4) is 0 Å². The van der Waals surface area contributed by atoms with Gasteiger partial charge in [0.15, 0.2) is 0 Å². The Labute approximate surface area is 173 Å². The van der Waals surface area contributed by atoms with Gasteiger partial charge in [-0.05, 0) is 51.0 Å². The quantitative estimate of drug-likeness (QED) is 0.634. The van der Waals surface area contributed by atoms with Gasteiger partial charge in [0.05, 0.1) is 18.5 Å². The molecule has 0 saturated carbocycles. The van der Waals surface area contributed by atoms with E-state index in [0.717, 1.165) is 28.7 Å². The third-order valence-corrected chi connectivity index (χ3v) is 5.79. The molecule has 0 heterocycles. The molecule has 0 saturated heterocycles. The standard InChI is InChI=1S/C22H30N2O4S/c1-6-20(24(29(5,26)27)19-10-7-16(2)8-11-19)22(25)23-13-14-28-21-12-9-17(3)15-18(21)4/h7-12,15,20H,6,13-14H2,1-5H3,(H,23,25)/t20-/m1/s1. The fourth-order valence-corrected chi connectivity index (χ4v) is 4.38. The summed E-state index contributed by atoms with van der Waals surface area (Å²) in [6.07, 6.45) is 1.47. The minimum absolute atomic E-state index is 0.286. The Balaban J connectivity index is 2.04. The van der Waals surface area contributed by atoms with Gasteiger partial charge >= 0.3 is 0 Å². The van der Waals surface area contributed by atoms with Crippen LogP contribution in [0.4, 0.5) is 5.69 Å². The monoisotopic (exact) mass is 418 g/mol. The normalized spacial score (nSPS) is 12.3. The van der Waals surface area contributed by atoms with Crippen molar-refractivity contribution >= 4 is 21.6 Å². The van der Waals surface area contributed by atoms with Crippen molar-refractivity contribution in [2.24, 2.45) is 0 Å². The molecule has 0 unspecified atom stereocenters. The molecule has 0 spiro atoms. The van der Waals surface area contributed by atoms with E-state index < -0.39 is 16.1 Å². The average Bonchev–Trinajstić information content (AvgIpc) is 2.64. The van der Waals surface area contributed by atoms with Gasteiger partial charge in [-0.25, -0.2) is 8.42 Å². The summed E-state index contributed by atoms with van der Waals surface area (Å²) in [7, 11) is -3.63. The Bertz CT molecular complexity index is 940. The van der Waals surface area contributed by atoms with Gasteiger partial charge in [0.25, 0.3) is 0 Å². The molecular formula is C22H30N2O4S. The molecular weight excluding hydrogens is 388 g/mol. The number of nitrogens with one attached hydrogen (secondary N) is 1. The Morgan fingerprint density at radius 2 is 1.69 bits per heavy atom. The highest BCUT2D eigenvalue weighted by atomic mass is 32.2. The van der Waals surface area contributed by atoms with E-state index in [1.54, 1.807) is 19.1 Å². The highest BCUT2D eigenvalue weighted by Crippen LogP contribution is 2.23. The Morgan fingerprint density at radius 1 is 1.07 bits per heavy atom. The summed E-state index contributed by atoms with van der Waals surface area (Å²) in [5, 5.41) is 2.80. The number of nitrogens with zero attached hydrogens (tertiary/aromatic N) is 1. The van der Waals surface area contributed by atoms with Gasteiger partial charge < -0.3 is 10.1 Å². The summed E-state index contributed by atoms with van der Waals surface area (Å²) in [5.74, 6) is 0.428. The molecule has 0 fully saturated rings. The molecule has 2 aromatic rings. The summed E-state index contributed by atoms with van der Waals surface area (Å²) >= 11 is 0. The third-order valence-electron chi connectivity index (χ3n) is 4.61. The molecule has 0 aliphatic rings. The first-order valence-corrected chi connectivity index (χ1v) is 11.5. The van der Waals surface area contributed by atoms with Gasteiger partial charge in [-0.15, -0.1) is 0 Å². The van der Waals surface area contributed by atoms with Crippen LogP contribution in [-0.2, 0) is 14.8 Å². The van der Waals surface area contributed by atoms with Gasteiger partial charge in [-0.3, -0.25) is 9.10 Å². The molecule has 2 aromatic carbocycles. The van der Waals surface area contributed by atoms with Crippen molar-refractivity contribution in [3.05, 3.63) is 59.2 Å². The van der Waals surface area contributed by atoms with Crippen molar-refractivity contribution in [1.82, 2.24) is 5.32 Å². The van der Waals surface area contributed by atoms with Crippen LogP contribution in [0.2, 0.25) is 0 Å². The second-order valence-corrected chi connectivity index (χ2v) is 9.09. The predicted octanol–water partition coefficient (Wildman–Crippen LogP) is 3.35. The van der Waals surface area contributed by atoms with E-state index in [1.165, 1.54) is 4.31 Å². The topological polar surface area (TPSA) is 75.7 Å². The lowest BCUT2D eigenvalue weighted by Crippen LogP contribution is -2.50. The van der Waals surface area contributed by atoms with Gasteiger partial charge in [-0.2, -0.15) is 0 Å². The largest absolute Gasteiger partial charge is 0.491 e. The van der Waals surface area contributed by atoms with Gasteiger partial charge in [0, 0.05) is 0 Å². The number of rotatable bonds is 9. The van der Waals surface area contributed by atoms with Crippen molar-refractivity contribution < 1.29 is 17.9 Å². The zero-order chi connectivity index (χ0) is 21.6. The van der Waals surface area contributed by atoms with Gasteiger partial charge in [0.1, 0.15) is 18.4 Å². The molecule has 1 atom stereocenters. The fourth-order valence-electron chi connectivity index (χ4n) is 3.17. The van der Waals surface area contributed by atoms with E-state index in [1.807, 2.05) is 51.1 Å². The lowest BCUT2D eigenvalue weighted by molar-refractivity contribution is -0.122. The van der Waals surface area contributed by atoms with Crippen molar-refractivity contribution in [3.63, 3.8) is 0 Å². The zero-order valence-corrected chi connectivity index (χ0v) is 18.5. The summed E-state index contributed by atoms with van der Waals surface area (Å²) in [6.45, 7) is 8.30. The van der Waals surface area contributed by atoms with Gasteiger partial charge in [0.2, 0.25) is 15.9 Å². The maximum absolute atomic E-state index is 12.8. The number of anilines is 1. The second-order valence-electron chi connectivity index (χ2n) is 7.23. The number of hydrogen-bond donors (Lipinski definition) is 1. The van der Waals surface area contributed by atoms with Crippen LogP contribution in [0, 0.1) is 20.8 Å². The number of ether oxygens (including phenoxy) is 1. The molecule has 29 heavy (non-hydrogen) atoms. The van der Waals surface area contributed by atoms with Crippen LogP contribution >= 0.6 is 0 Å². The Morgan fingerprint density at radius 3 is 2.24 bits per heavy atom. The molecule has 6 nitrogen and oxygen atoms in total. The summed E-state index contributed by atoms with van der Waals surface area (Å²) in [4.78, 5) is 12.8. The van der Waals surface area contributed by atoms with E-state index in [4.69, 9.17) is 4.74 Å². The lowest BCUT2D eigenvalue weighted by Gasteiger charge is -2.30. The number of aryl methyl sites for hydroxylation is 3. The van der Waals surface area contributed by atoms with Crippen LogP contribution in [0.5, 0.6) is 5.75 Å². The average molecular weight is 419 g/mol. The number of hydrogen-bond acceptors (Lipinski definition) is 4. The van der Waals surface area contributed by atoms with Crippen LogP contribution in [0.15, 0.2) is 42.5 Å². The Hall–Kier alpha value is -2.54. The predicted molar refractivity (Wildman–Crippen MR) is 117 cm³/mol.